The highest BCUT2D eigenvalue weighted by atomic mass is 32.2. The molecular formula is C25H26N6O3S. The first-order valence-electron chi connectivity index (χ1n) is 10.9. The van der Waals surface area contributed by atoms with Crippen LogP contribution >= 0.6 is 0 Å². The van der Waals surface area contributed by atoms with E-state index in [4.69, 9.17) is 4.42 Å². The summed E-state index contributed by atoms with van der Waals surface area (Å²) >= 11 is 0. The fourth-order valence-corrected chi connectivity index (χ4v) is 4.65. The van der Waals surface area contributed by atoms with Crippen LogP contribution in [0.3, 0.4) is 0 Å². The van der Waals surface area contributed by atoms with Crippen LogP contribution < -0.4 is 5.32 Å². The summed E-state index contributed by atoms with van der Waals surface area (Å²) < 4.78 is 31.1. The molecule has 35 heavy (non-hydrogen) atoms. The molecule has 4 aromatic rings. The van der Waals surface area contributed by atoms with E-state index in [0.29, 0.717) is 28.5 Å². The molecule has 0 spiro atoms. The van der Waals surface area contributed by atoms with Crippen LogP contribution in [-0.2, 0) is 16.4 Å². The molecule has 0 amide bonds. The highest BCUT2D eigenvalue weighted by Crippen LogP contribution is 2.29. The van der Waals surface area contributed by atoms with E-state index in [2.05, 4.69) is 25.5 Å². The summed E-state index contributed by atoms with van der Waals surface area (Å²) in [4.78, 5) is 9.04. The van der Waals surface area contributed by atoms with Gasteiger partial charge in [0, 0.05) is 19.1 Å². The molecule has 0 unspecified atom stereocenters. The van der Waals surface area contributed by atoms with Crippen LogP contribution in [0, 0.1) is 18.3 Å². The number of sulfone groups is 1. The van der Waals surface area contributed by atoms with Crippen molar-refractivity contribution in [2.24, 2.45) is 0 Å². The van der Waals surface area contributed by atoms with Gasteiger partial charge in [-0.15, -0.1) is 10.2 Å². The lowest BCUT2D eigenvalue weighted by molar-refractivity contribution is 0.581. The van der Waals surface area contributed by atoms with Crippen LogP contribution in [0.1, 0.15) is 32.1 Å². The molecule has 0 aliphatic heterocycles. The average molecular weight is 491 g/mol. The molecule has 0 radical (unpaired) electrons. The second-order valence-electron chi connectivity index (χ2n) is 8.25. The van der Waals surface area contributed by atoms with E-state index in [1.165, 1.54) is 12.1 Å². The summed E-state index contributed by atoms with van der Waals surface area (Å²) in [6, 6.07) is 14.3. The van der Waals surface area contributed by atoms with E-state index in [1.807, 2.05) is 37.4 Å². The molecule has 180 valence electrons. The lowest BCUT2D eigenvalue weighted by Crippen LogP contribution is -2.15. The van der Waals surface area contributed by atoms with Crippen molar-refractivity contribution in [3.8, 4) is 40.4 Å². The van der Waals surface area contributed by atoms with Crippen LogP contribution in [0.15, 0.2) is 58.0 Å². The van der Waals surface area contributed by atoms with Gasteiger partial charge >= 0.3 is 0 Å². The van der Waals surface area contributed by atoms with Crippen LogP contribution in [0.5, 0.6) is 0 Å². The van der Waals surface area contributed by atoms with Crippen molar-refractivity contribution in [3.63, 3.8) is 0 Å². The van der Waals surface area contributed by atoms with E-state index in [0.717, 1.165) is 17.7 Å². The van der Waals surface area contributed by atoms with Gasteiger partial charge in [-0.25, -0.2) is 13.4 Å². The van der Waals surface area contributed by atoms with Gasteiger partial charge in [0.2, 0.25) is 5.89 Å². The minimum Gasteiger partial charge on any atom is -0.415 e. The third kappa shape index (κ3) is 4.82. The predicted molar refractivity (Wildman–Crippen MR) is 133 cm³/mol. The Balaban J connectivity index is 0.00000361. The number of hydrogen-bond donors (Lipinski definition) is 1. The fraction of sp³-hybridized carbons (Fsp3) is 0.240. The zero-order valence-corrected chi connectivity index (χ0v) is 20.6. The number of aryl methyl sites for hydroxylation is 1. The number of hydrogen-bond acceptors (Lipinski definition) is 9. The predicted octanol–water partition coefficient (Wildman–Crippen LogP) is 4.19. The maximum Gasteiger partial charge on any atom is 0.268 e. The summed E-state index contributed by atoms with van der Waals surface area (Å²) in [5.74, 6) is 0.572. The van der Waals surface area contributed by atoms with Gasteiger partial charge in [0.25, 0.3) is 5.89 Å². The molecule has 9 nitrogen and oxygen atoms in total. The van der Waals surface area contributed by atoms with E-state index in [-0.39, 0.29) is 17.8 Å². The first-order chi connectivity index (χ1) is 16.7. The molecule has 0 saturated carbocycles. The molecule has 0 aliphatic carbocycles. The number of nitrogens with zero attached hydrogens (tertiary/aromatic N) is 5. The van der Waals surface area contributed by atoms with Gasteiger partial charge in [-0.2, -0.15) is 5.26 Å². The Morgan fingerprint density at radius 1 is 1.09 bits per heavy atom. The molecule has 1 N–H and O–H groups in total. The summed E-state index contributed by atoms with van der Waals surface area (Å²) in [5, 5.41) is 20.4. The van der Waals surface area contributed by atoms with Gasteiger partial charge < -0.3 is 9.73 Å². The Bertz CT molecular complexity index is 1530. The molecule has 2 heterocycles. The Labute approximate surface area is 205 Å². The number of nitriles is 1. The molecule has 0 atom stereocenters. The highest BCUT2D eigenvalue weighted by molar-refractivity contribution is 7.92. The standard InChI is InChI=1S/C25H24N6O3S.H2/c1-15(2)35(32,33)22-10-9-19(11-20(22)12-26)21-14-28-16(3)23(29-21)25-31-30-24(34-25)18-7-5-17(6-8-18)13-27-4;/h5-11,14-15,27H,13H2,1-4H3;1H. The second kappa shape index (κ2) is 9.74. The van der Waals surface area contributed by atoms with Gasteiger partial charge in [-0.1, -0.05) is 18.2 Å². The van der Waals surface area contributed by atoms with Crippen molar-refractivity contribution in [2.45, 2.75) is 37.5 Å². The molecule has 0 bridgehead atoms. The lowest BCUT2D eigenvalue weighted by atomic mass is 10.1. The SMILES string of the molecule is CNCc1ccc(-c2nnc(-c3nc(-c4ccc(S(=O)(=O)C(C)C)c(C#N)c4)cnc3C)o2)cc1.[HH]. The number of nitrogens with one attached hydrogen (secondary N) is 1. The fourth-order valence-electron chi connectivity index (χ4n) is 3.47. The Kier molecular flexibility index (Phi) is 6.73. The van der Waals surface area contributed by atoms with Crippen molar-refractivity contribution in [1.29, 1.82) is 5.26 Å². The first-order valence-corrected chi connectivity index (χ1v) is 12.5. The molecular weight excluding hydrogens is 464 g/mol. The molecule has 0 saturated heterocycles. The van der Waals surface area contributed by atoms with E-state index in [9.17, 15) is 13.7 Å². The van der Waals surface area contributed by atoms with Crippen molar-refractivity contribution < 1.29 is 14.3 Å². The molecule has 2 aromatic carbocycles. The van der Waals surface area contributed by atoms with Crippen molar-refractivity contribution in [2.75, 3.05) is 7.05 Å². The monoisotopic (exact) mass is 490 g/mol. The maximum absolute atomic E-state index is 12.6. The Hall–Kier alpha value is -3.94. The van der Waals surface area contributed by atoms with Crippen LogP contribution in [0.2, 0.25) is 0 Å². The van der Waals surface area contributed by atoms with Gasteiger partial charge in [0.1, 0.15) is 11.8 Å². The minimum absolute atomic E-state index is 0. The molecule has 10 heteroatoms. The minimum atomic E-state index is -3.60. The summed E-state index contributed by atoms with van der Waals surface area (Å²) in [7, 11) is -1.71. The van der Waals surface area contributed by atoms with Crippen molar-refractivity contribution >= 4 is 9.84 Å². The van der Waals surface area contributed by atoms with Gasteiger partial charge in [-0.05, 0) is 57.6 Å². The number of benzene rings is 2. The second-order valence-corrected chi connectivity index (χ2v) is 10.7. The number of rotatable bonds is 7. The maximum atomic E-state index is 12.6. The van der Waals surface area contributed by atoms with Crippen LogP contribution in [0.4, 0.5) is 0 Å². The topological polar surface area (TPSA) is 135 Å². The van der Waals surface area contributed by atoms with Gasteiger partial charge in [-0.3, -0.25) is 4.98 Å². The largest absolute Gasteiger partial charge is 0.415 e. The highest BCUT2D eigenvalue weighted by Gasteiger charge is 2.24. The van der Waals surface area contributed by atoms with Gasteiger partial charge in [0.15, 0.2) is 9.84 Å². The molecule has 4 rings (SSSR count). The molecule has 0 aliphatic rings. The van der Waals surface area contributed by atoms with Crippen molar-refractivity contribution in [3.05, 3.63) is 65.5 Å². The smallest absolute Gasteiger partial charge is 0.268 e. The van der Waals surface area contributed by atoms with Crippen LogP contribution in [0.25, 0.3) is 34.3 Å². The normalized spacial score (nSPS) is 11.5. The van der Waals surface area contributed by atoms with Gasteiger partial charge in [0.05, 0.1) is 33.3 Å². The summed E-state index contributed by atoms with van der Waals surface area (Å²) in [6.45, 7) is 5.70. The number of aromatic nitrogens is 4. The lowest BCUT2D eigenvalue weighted by Gasteiger charge is -2.11. The van der Waals surface area contributed by atoms with E-state index in [1.54, 1.807) is 33.0 Å². The van der Waals surface area contributed by atoms with E-state index < -0.39 is 15.1 Å². The quantitative estimate of drug-likeness (QED) is 0.404. The summed E-state index contributed by atoms with van der Waals surface area (Å²) in [6.07, 6.45) is 1.56. The average Bonchev–Trinajstić information content (AvgIpc) is 3.34. The molecule has 0 fully saturated rings. The third-order valence-electron chi connectivity index (χ3n) is 5.49. The first kappa shape index (κ1) is 24.2. The zero-order chi connectivity index (χ0) is 25.2. The Morgan fingerprint density at radius 3 is 2.43 bits per heavy atom. The third-order valence-corrected chi connectivity index (χ3v) is 7.70. The Morgan fingerprint density at radius 2 is 1.77 bits per heavy atom. The van der Waals surface area contributed by atoms with Crippen LogP contribution in [-0.4, -0.2) is 40.9 Å². The molecule has 2 aromatic heterocycles. The zero-order valence-electron chi connectivity index (χ0n) is 19.8. The van der Waals surface area contributed by atoms with Crippen molar-refractivity contribution in [1.82, 2.24) is 25.5 Å². The summed E-state index contributed by atoms with van der Waals surface area (Å²) in [5.41, 5.74) is 3.98. The van der Waals surface area contributed by atoms with E-state index >= 15 is 0 Å².